The highest BCUT2D eigenvalue weighted by molar-refractivity contribution is 5.75. The van der Waals surface area contributed by atoms with E-state index in [0.29, 0.717) is 12.8 Å². The zero-order chi connectivity index (χ0) is 23.5. The summed E-state index contributed by atoms with van der Waals surface area (Å²) in [7, 11) is 0. The molecule has 0 saturated carbocycles. The van der Waals surface area contributed by atoms with E-state index in [1.165, 1.54) is 0 Å². The first-order valence-electron chi connectivity index (χ1n) is 10.9. The van der Waals surface area contributed by atoms with E-state index >= 15 is 0 Å². The number of esters is 2. The van der Waals surface area contributed by atoms with Crippen molar-refractivity contribution in [1.82, 2.24) is 4.90 Å². The Balaban J connectivity index is 0.000000612. The van der Waals surface area contributed by atoms with Crippen LogP contribution in [0, 0.1) is 11.8 Å². The number of piperidine rings is 1. The first kappa shape index (κ1) is 28.5. The fourth-order valence-electron chi connectivity index (χ4n) is 2.66. The first-order chi connectivity index (χ1) is 13.6. The summed E-state index contributed by atoms with van der Waals surface area (Å²) in [5.74, 6) is -0.869. The van der Waals surface area contributed by atoms with Crippen LogP contribution in [0.5, 0.6) is 0 Å². The maximum atomic E-state index is 13.0. The maximum absolute atomic E-state index is 13.0. The van der Waals surface area contributed by atoms with Crippen molar-refractivity contribution in [1.29, 1.82) is 0 Å². The summed E-state index contributed by atoms with van der Waals surface area (Å²) in [6.07, 6.45) is 2.36. The molecule has 1 rings (SSSR count). The zero-order valence-corrected chi connectivity index (χ0v) is 20.1. The van der Waals surface area contributed by atoms with Crippen molar-refractivity contribution < 1.29 is 28.2 Å². The molecule has 1 aliphatic heterocycles. The van der Waals surface area contributed by atoms with Gasteiger partial charge in [-0.2, -0.15) is 0 Å². The standard InChI is InChI=1S/C14H26FNO2.C9H16O3/c1-11(13(17)18-14(2,3)4)5-8-16-9-6-12(15)7-10-16;1-7(5-6-10)8(11)12-9(2,3)4/h11-12H,5-10H2,1-4H3;6-7H,5H2,1-4H3/t11-;7-/m00/s1. The van der Waals surface area contributed by atoms with Crippen LogP contribution >= 0.6 is 0 Å². The number of rotatable bonds is 7. The second-order valence-electron chi connectivity index (χ2n) is 10.1. The average molecular weight is 432 g/mol. The highest BCUT2D eigenvalue weighted by atomic mass is 19.1. The number of alkyl halides is 1. The molecule has 1 saturated heterocycles. The van der Waals surface area contributed by atoms with Crippen LogP contribution in [-0.2, 0) is 23.9 Å². The van der Waals surface area contributed by atoms with E-state index in [0.717, 1.165) is 32.3 Å². The number of carbonyl (C=O) groups is 3. The van der Waals surface area contributed by atoms with Gasteiger partial charge in [-0.25, -0.2) is 4.39 Å². The van der Waals surface area contributed by atoms with Crippen LogP contribution in [0.15, 0.2) is 0 Å². The summed E-state index contributed by atoms with van der Waals surface area (Å²) in [4.78, 5) is 35.3. The Hall–Kier alpha value is -1.50. The topological polar surface area (TPSA) is 72.9 Å². The number of hydrogen-bond acceptors (Lipinski definition) is 6. The lowest BCUT2D eigenvalue weighted by Gasteiger charge is -2.29. The average Bonchev–Trinajstić information content (AvgIpc) is 2.59. The molecule has 0 aliphatic carbocycles. The van der Waals surface area contributed by atoms with E-state index in [-0.39, 0.29) is 30.2 Å². The van der Waals surface area contributed by atoms with E-state index in [1.807, 2.05) is 27.7 Å². The Labute approximate surface area is 181 Å². The van der Waals surface area contributed by atoms with Gasteiger partial charge in [-0.05, 0) is 67.3 Å². The molecule has 0 radical (unpaired) electrons. The van der Waals surface area contributed by atoms with Gasteiger partial charge >= 0.3 is 11.9 Å². The third kappa shape index (κ3) is 14.5. The predicted octanol–water partition coefficient (Wildman–Crippen LogP) is 4.34. The lowest BCUT2D eigenvalue weighted by molar-refractivity contribution is -0.160. The van der Waals surface area contributed by atoms with E-state index in [2.05, 4.69) is 4.90 Å². The smallest absolute Gasteiger partial charge is 0.309 e. The second kappa shape index (κ2) is 13.0. The van der Waals surface area contributed by atoms with Gasteiger partial charge in [0.1, 0.15) is 23.7 Å². The van der Waals surface area contributed by atoms with E-state index in [4.69, 9.17) is 9.47 Å². The fourth-order valence-corrected chi connectivity index (χ4v) is 2.66. The van der Waals surface area contributed by atoms with Gasteiger partial charge < -0.3 is 19.2 Å². The molecule has 30 heavy (non-hydrogen) atoms. The number of nitrogens with zero attached hydrogens (tertiary/aromatic N) is 1. The fraction of sp³-hybridized carbons (Fsp3) is 0.870. The van der Waals surface area contributed by atoms with Crippen LogP contribution in [0.3, 0.4) is 0 Å². The Morgan fingerprint density at radius 1 is 0.967 bits per heavy atom. The number of halogens is 1. The summed E-state index contributed by atoms with van der Waals surface area (Å²) in [5, 5.41) is 0. The first-order valence-corrected chi connectivity index (χ1v) is 10.9. The van der Waals surface area contributed by atoms with Crippen molar-refractivity contribution in [3.05, 3.63) is 0 Å². The number of hydrogen-bond donors (Lipinski definition) is 0. The van der Waals surface area contributed by atoms with Crippen molar-refractivity contribution in [2.24, 2.45) is 11.8 Å². The minimum atomic E-state index is -0.635. The van der Waals surface area contributed by atoms with Crippen LogP contribution in [0.25, 0.3) is 0 Å². The number of carbonyl (C=O) groups excluding carboxylic acids is 3. The minimum absolute atomic E-state index is 0.0904. The maximum Gasteiger partial charge on any atom is 0.309 e. The summed E-state index contributed by atoms with van der Waals surface area (Å²) < 4.78 is 23.4. The number of likely N-dealkylation sites (tertiary alicyclic amines) is 1. The molecule has 0 aromatic carbocycles. The Morgan fingerprint density at radius 3 is 1.80 bits per heavy atom. The summed E-state index contributed by atoms with van der Waals surface area (Å²) >= 11 is 0. The molecular weight excluding hydrogens is 389 g/mol. The molecule has 0 N–H and O–H groups in total. The zero-order valence-electron chi connectivity index (χ0n) is 20.1. The van der Waals surface area contributed by atoms with Gasteiger partial charge in [0.15, 0.2) is 0 Å². The van der Waals surface area contributed by atoms with E-state index in [9.17, 15) is 18.8 Å². The molecule has 0 aromatic rings. The van der Waals surface area contributed by atoms with Gasteiger partial charge in [0.2, 0.25) is 0 Å². The molecule has 1 heterocycles. The molecule has 0 aromatic heterocycles. The molecule has 0 bridgehead atoms. The van der Waals surface area contributed by atoms with E-state index < -0.39 is 17.4 Å². The van der Waals surface area contributed by atoms with Gasteiger partial charge in [0.25, 0.3) is 0 Å². The summed E-state index contributed by atoms with van der Waals surface area (Å²) in [6.45, 7) is 17.1. The molecule has 1 aliphatic rings. The van der Waals surface area contributed by atoms with Crippen molar-refractivity contribution in [2.45, 2.75) is 98.4 Å². The van der Waals surface area contributed by atoms with Gasteiger partial charge in [0, 0.05) is 19.5 Å². The normalized spacial score (nSPS) is 17.9. The van der Waals surface area contributed by atoms with Crippen LogP contribution in [0.1, 0.15) is 81.1 Å². The molecule has 1 fully saturated rings. The lowest BCUT2D eigenvalue weighted by atomic mass is 10.0. The predicted molar refractivity (Wildman–Crippen MR) is 116 cm³/mol. The second-order valence-corrected chi connectivity index (χ2v) is 10.1. The van der Waals surface area contributed by atoms with Crippen LogP contribution in [-0.4, -0.2) is 60.1 Å². The largest absolute Gasteiger partial charge is 0.460 e. The SMILES string of the molecule is C[C@@H](CC=O)C(=O)OC(C)(C)C.C[C@@H](CCN1CCC(F)CC1)C(=O)OC(C)(C)C. The van der Waals surface area contributed by atoms with Gasteiger partial charge in [-0.3, -0.25) is 9.59 Å². The van der Waals surface area contributed by atoms with Crippen molar-refractivity contribution >= 4 is 18.2 Å². The number of aldehydes is 1. The molecule has 176 valence electrons. The Bertz CT molecular complexity index is 531. The van der Waals surface area contributed by atoms with Crippen molar-refractivity contribution in [3.8, 4) is 0 Å². The Morgan fingerprint density at radius 2 is 1.40 bits per heavy atom. The van der Waals surface area contributed by atoms with Crippen LogP contribution in [0.4, 0.5) is 4.39 Å². The third-order valence-electron chi connectivity index (χ3n) is 4.46. The molecule has 0 amide bonds. The van der Waals surface area contributed by atoms with Gasteiger partial charge in [-0.15, -0.1) is 0 Å². The van der Waals surface area contributed by atoms with Crippen LogP contribution < -0.4 is 0 Å². The highest BCUT2D eigenvalue weighted by Gasteiger charge is 2.24. The van der Waals surface area contributed by atoms with Gasteiger partial charge in [-0.1, -0.05) is 13.8 Å². The van der Waals surface area contributed by atoms with E-state index in [1.54, 1.807) is 27.7 Å². The van der Waals surface area contributed by atoms with Crippen molar-refractivity contribution in [2.75, 3.05) is 19.6 Å². The lowest BCUT2D eigenvalue weighted by Crippen LogP contribution is -2.36. The molecular formula is C23H42FNO5. The summed E-state index contributed by atoms with van der Waals surface area (Å²) in [5.41, 5.74) is -0.883. The number of ether oxygens (including phenoxy) is 2. The molecule has 7 heteroatoms. The molecule has 0 unspecified atom stereocenters. The van der Waals surface area contributed by atoms with Crippen LogP contribution in [0.2, 0.25) is 0 Å². The monoisotopic (exact) mass is 431 g/mol. The minimum Gasteiger partial charge on any atom is -0.460 e. The molecule has 2 atom stereocenters. The highest BCUT2D eigenvalue weighted by Crippen LogP contribution is 2.17. The quantitative estimate of drug-likeness (QED) is 0.441. The molecule has 0 spiro atoms. The Kier molecular flexibility index (Phi) is 12.4. The molecule has 6 nitrogen and oxygen atoms in total. The third-order valence-corrected chi connectivity index (χ3v) is 4.46. The summed E-state index contributed by atoms with van der Waals surface area (Å²) in [6, 6.07) is 0. The van der Waals surface area contributed by atoms with Crippen molar-refractivity contribution in [3.63, 3.8) is 0 Å². The van der Waals surface area contributed by atoms with Gasteiger partial charge in [0.05, 0.1) is 11.8 Å².